The molecule has 0 spiro atoms. The van der Waals surface area contributed by atoms with E-state index in [-0.39, 0.29) is 5.41 Å². The molecule has 0 amide bonds. The van der Waals surface area contributed by atoms with Crippen molar-refractivity contribution in [1.29, 1.82) is 0 Å². The van der Waals surface area contributed by atoms with Crippen molar-refractivity contribution in [2.75, 3.05) is 39.5 Å². The minimum Gasteiger partial charge on any atom is -0.381 e. The van der Waals surface area contributed by atoms with Gasteiger partial charge in [0.25, 0.3) is 0 Å². The maximum absolute atomic E-state index is 5.59. The summed E-state index contributed by atoms with van der Waals surface area (Å²) in [6, 6.07) is 10.5. The summed E-state index contributed by atoms with van der Waals surface area (Å²) in [5.74, 6) is 1.48. The Bertz CT molecular complexity index is 647. The first kappa shape index (κ1) is 15.7. The number of rotatable bonds is 4. The van der Waals surface area contributed by atoms with Crippen molar-refractivity contribution < 1.29 is 14.0 Å². The van der Waals surface area contributed by atoms with Crippen molar-refractivity contribution >= 4 is 0 Å². The summed E-state index contributed by atoms with van der Waals surface area (Å²) < 4.78 is 16.6. The standard InChI is InChI=1S/C18H23N3O3/c1-2-4-15(5-3-1)18(6-10-22-11-7-18)17-19-16(24-20-17)14-21-8-12-23-13-9-21/h1-5H,6-14H2. The predicted octanol–water partition coefficient (Wildman–Crippen LogP) is 2.00. The summed E-state index contributed by atoms with van der Waals surface area (Å²) in [6.45, 7) is 5.51. The molecule has 2 aliphatic rings. The first-order chi connectivity index (χ1) is 11.9. The third-order valence-electron chi connectivity index (χ3n) is 5.03. The van der Waals surface area contributed by atoms with Crippen LogP contribution in [0.4, 0.5) is 0 Å². The van der Waals surface area contributed by atoms with Crippen LogP contribution in [0.5, 0.6) is 0 Å². The highest BCUT2D eigenvalue weighted by molar-refractivity contribution is 5.33. The van der Waals surface area contributed by atoms with E-state index in [0.717, 1.165) is 58.2 Å². The number of ether oxygens (including phenoxy) is 2. The molecule has 128 valence electrons. The topological polar surface area (TPSA) is 60.6 Å². The van der Waals surface area contributed by atoms with Gasteiger partial charge in [0, 0.05) is 26.3 Å². The third-order valence-corrected chi connectivity index (χ3v) is 5.03. The second-order valence-electron chi connectivity index (χ2n) is 6.46. The van der Waals surface area contributed by atoms with E-state index in [0.29, 0.717) is 12.4 Å². The number of hydrogen-bond acceptors (Lipinski definition) is 6. The Balaban J connectivity index is 1.59. The van der Waals surface area contributed by atoms with Crippen molar-refractivity contribution in [3.05, 3.63) is 47.6 Å². The van der Waals surface area contributed by atoms with Gasteiger partial charge < -0.3 is 14.0 Å². The van der Waals surface area contributed by atoms with Crippen LogP contribution in [0.2, 0.25) is 0 Å². The van der Waals surface area contributed by atoms with Crippen LogP contribution in [-0.4, -0.2) is 54.6 Å². The van der Waals surface area contributed by atoms with Crippen LogP contribution in [0.15, 0.2) is 34.9 Å². The van der Waals surface area contributed by atoms with Crippen LogP contribution in [0, 0.1) is 0 Å². The number of nitrogens with zero attached hydrogens (tertiary/aromatic N) is 3. The van der Waals surface area contributed by atoms with Crippen molar-refractivity contribution in [3.8, 4) is 0 Å². The zero-order chi connectivity index (χ0) is 16.2. The summed E-state index contributed by atoms with van der Waals surface area (Å²) in [4.78, 5) is 7.05. The van der Waals surface area contributed by atoms with Crippen LogP contribution < -0.4 is 0 Å². The van der Waals surface area contributed by atoms with Gasteiger partial charge in [-0.1, -0.05) is 35.5 Å². The number of hydrogen-bond donors (Lipinski definition) is 0. The largest absolute Gasteiger partial charge is 0.381 e. The van der Waals surface area contributed by atoms with Crippen molar-refractivity contribution in [1.82, 2.24) is 15.0 Å². The van der Waals surface area contributed by atoms with Crippen LogP contribution in [0.1, 0.15) is 30.1 Å². The lowest BCUT2D eigenvalue weighted by molar-refractivity contribution is 0.0297. The fourth-order valence-electron chi connectivity index (χ4n) is 3.58. The summed E-state index contributed by atoms with van der Waals surface area (Å²) in [7, 11) is 0. The van der Waals surface area contributed by atoms with Gasteiger partial charge in [-0.05, 0) is 18.4 Å². The van der Waals surface area contributed by atoms with Gasteiger partial charge in [-0.3, -0.25) is 4.90 Å². The molecule has 2 aromatic rings. The molecule has 4 rings (SSSR count). The maximum Gasteiger partial charge on any atom is 0.240 e. The lowest BCUT2D eigenvalue weighted by atomic mass is 9.73. The minimum atomic E-state index is -0.202. The van der Waals surface area contributed by atoms with Gasteiger partial charge in [0.2, 0.25) is 5.89 Å². The zero-order valence-corrected chi connectivity index (χ0v) is 13.8. The van der Waals surface area contributed by atoms with Crippen molar-refractivity contribution in [3.63, 3.8) is 0 Å². The monoisotopic (exact) mass is 329 g/mol. The molecule has 0 N–H and O–H groups in total. The van der Waals surface area contributed by atoms with Crippen molar-refractivity contribution in [2.24, 2.45) is 0 Å². The fourth-order valence-corrected chi connectivity index (χ4v) is 3.58. The van der Waals surface area contributed by atoms with Gasteiger partial charge in [-0.2, -0.15) is 4.98 Å². The SMILES string of the molecule is c1ccc(C2(c3noc(CN4CCOCC4)n3)CCOCC2)cc1. The lowest BCUT2D eigenvalue weighted by Crippen LogP contribution is -2.37. The minimum absolute atomic E-state index is 0.202. The lowest BCUT2D eigenvalue weighted by Gasteiger charge is -2.34. The van der Waals surface area contributed by atoms with E-state index in [1.807, 2.05) is 6.07 Å². The molecule has 1 aromatic carbocycles. The molecule has 1 aromatic heterocycles. The number of morpholine rings is 1. The van der Waals surface area contributed by atoms with Crippen molar-refractivity contribution in [2.45, 2.75) is 24.8 Å². The van der Waals surface area contributed by atoms with Crippen LogP contribution >= 0.6 is 0 Å². The van der Waals surface area contributed by atoms with Crippen LogP contribution in [0.25, 0.3) is 0 Å². The fraction of sp³-hybridized carbons (Fsp3) is 0.556. The Morgan fingerprint density at radius 3 is 2.42 bits per heavy atom. The molecule has 24 heavy (non-hydrogen) atoms. The van der Waals surface area contributed by atoms with Gasteiger partial charge in [0.15, 0.2) is 5.82 Å². The second-order valence-corrected chi connectivity index (χ2v) is 6.46. The predicted molar refractivity (Wildman–Crippen MR) is 87.7 cm³/mol. The van der Waals surface area contributed by atoms with E-state index >= 15 is 0 Å². The Morgan fingerprint density at radius 2 is 1.67 bits per heavy atom. The zero-order valence-electron chi connectivity index (χ0n) is 13.8. The Morgan fingerprint density at radius 1 is 0.958 bits per heavy atom. The van der Waals surface area contributed by atoms with E-state index in [1.54, 1.807) is 0 Å². The molecule has 0 saturated carbocycles. The first-order valence-corrected chi connectivity index (χ1v) is 8.63. The second kappa shape index (κ2) is 7.01. The number of aromatic nitrogens is 2. The van der Waals surface area contributed by atoms with E-state index < -0.39 is 0 Å². The van der Waals surface area contributed by atoms with E-state index in [2.05, 4.69) is 34.3 Å². The molecule has 6 nitrogen and oxygen atoms in total. The molecule has 2 aliphatic heterocycles. The van der Waals surface area contributed by atoms with Gasteiger partial charge in [-0.25, -0.2) is 0 Å². The summed E-state index contributed by atoms with van der Waals surface area (Å²) >= 11 is 0. The highest BCUT2D eigenvalue weighted by Gasteiger charge is 2.40. The highest BCUT2D eigenvalue weighted by Crippen LogP contribution is 2.39. The Kier molecular flexibility index (Phi) is 4.60. The van der Waals surface area contributed by atoms with Gasteiger partial charge >= 0.3 is 0 Å². The highest BCUT2D eigenvalue weighted by atomic mass is 16.5. The molecule has 3 heterocycles. The number of benzene rings is 1. The molecule has 0 aliphatic carbocycles. The third kappa shape index (κ3) is 3.09. The molecule has 0 radical (unpaired) electrons. The molecule has 2 saturated heterocycles. The smallest absolute Gasteiger partial charge is 0.240 e. The maximum atomic E-state index is 5.59. The van der Waals surface area contributed by atoms with Crippen LogP contribution in [0.3, 0.4) is 0 Å². The molecule has 6 heteroatoms. The normalized spacial score (nSPS) is 21.7. The van der Waals surface area contributed by atoms with Gasteiger partial charge in [-0.15, -0.1) is 0 Å². The Hall–Kier alpha value is -1.76. The summed E-state index contributed by atoms with van der Waals surface area (Å²) in [5.41, 5.74) is 1.04. The molecular formula is C18H23N3O3. The van der Waals surface area contributed by atoms with Gasteiger partial charge in [0.1, 0.15) is 0 Å². The summed E-state index contributed by atoms with van der Waals surface area (Å²) in [6.07, 6.45) is 1.76. The first-order valence-electron chi connectivity index (χ1n) is 8.63. The molecule has 0 atom stereocenters. The molecule has 0 bridgehead atoms. The van der Waals surface area contributed by atoms with E-state index in [9.17, 15) is 0 Å². The van der Waals surface area contributed by atoms with Crippen LogP contribution in [-0.2, 0) is 21.4 Å². The van der Waals surface area contributed by atoms with E-state index in [1.165, 1.54) is 5.56 Å². The molecule has 0 unspecified atom stereocenters. The van der Waals surface area contributed by atoms with E-state index in [4.69, 9.17) is 19.0 Å². The molecular weight excluding hydrogens is 306 g/mol. The molecule has 2 fully saturated rings. The van der Waals surface area contributed by atoms with Gasteiger partial charge in [0.05, 0.1) is 25.2 Å². The average molecular weight is 329 g/mol. The average Bonchev–Trinajstić information content (AvgIpc) is 3.13. The Labute approximate surface area is 141 Å². The summed E-state index contributed by atoms with van der Waals surface area (Å²) in [5, 5.41) is 4.35. The quantitative estimate of drug-likeness (QED) is 0.855.